The second-order valence-corrected chi connectivity index (χ2v) is 5.87. The minimum Gasteiger partial charge on any atom is -0.454 e. The first kappa shape index (κ1) is 16.0. The number of ether oxygens (including phenoxy) is 2. The van der Waals surface area contributed by atoms with Crippen LogP contribution in [0.3, 0.4) is 0 Å². The van der Waals surface area contributed by atoms with Gasteiger partial charge in [-0.05, 0) is 55.8 Å². The summed E-state index contributed by atoms with van der Waals surface area (Å²) in [6.45, 7) is 4.80. The van der Waals surface area contributed by atoms with Crippen molar-refractivity contribution in [3.8, 4) is 11.5 Å². The van der Waals surface area contributed by atoms with Gasteiger partial charge >= 0.3 is 6.03 Å². The van der Waals surface area contributed by atoms with E-state index in [9.17, 15) is 4.79 Å². The van der Waals surface area contributed by atoms with Crippen molar-refractivity contribution >= 4 is 17.4 Å². The smallest absolute Gasteiger partial charge is 0.319 e. The van der Waals surface area contributed by atoms with Gasteiger partial charge in [0.1, 0.15) is 0 Å². The molecule has 3 rings (SSSR count). The van der Waals surface area contributed by atoms with Crippen molar-refractivity contribution in [3.05, 3.63) is 48.0 Å². The van der Waals surface area contributed by atoms with Gasteiger partial charge in [-0.1, -0.05) is 6.07 Å². The molecule has 0 unspecified atom stereocenters. The number of carbonyl (C=O) groups is 1. The van der Waals surface area contributed by atoms with Gasteiger partial charge in [0.25, 0.3) is 0 Å². The van der Waals surface area contributed by atoms with Gasteiger partial charge in [0.2, 0.25) is 6.79 Å². The lowest BCUT2D eigenvalue weighted by atomic mass is 10.2. The van der Waals surface area contributed by atoms with Crippen LogP contribution in [0.4, 0.5) is 16.2 Å². The predicted octanol–water partition coefficient (Wildman–Crippen LogP) is 3.56. The Labute approximate surface area is 141 Å². The average Bonchev–Trinajstić information content (AvgIpc) is 3.01. The van der Waals surface area contributed by atoms with Crippen molar-refractivity contribution in [3.63, 3.8) is 0 Å². The average molecular weight is 327 g/mol. The van der Waals surface area contributed by atoms with Crippen LogP contribution in [-0.2, 0) is 6.54 Å². The lowest BCUT2D eigenvalue weighted by Gasteiger charge is -2.11. The Morgan fingerprint density at radius 3 is 2.50 bits per heavy atom. The molecule has 1 heterocycles. The number of hydrogen-bond acceptors (Lipinski definition) is 4. The van der Waals surface area contributed by atoms with Crippen molar-refractivity contribution < 1.29 is 14.3 Å². The number of amides is 2. The van der Waals surface area contributed by atoms with E-state index in [4.69, 9.17) is 9.47 Å². The molecule has 0 saturated carbocycles. The normalized spacial score (nSPS) is 12.1. The van der Waals surface area contributed by atoms with E-state index < -0.39 is 0 Å². The fourth-order valence-electron chi connectivity index (χ4n) is 2.36. The van der Waals surface area contributed by atoms with Crippen molar-refractivity contribution in [2.45, 2.75) is 26.4 Å². The standard InChI is InChI=1S/C18H21N3O3/c1-12(2)20-18(22)21-15-6-4-14(5-7-15)19-10-13-3-8-16-17(9-13)24-11-23-16/h3-9,12,19H,10-11H2,1-2H3,(H2,20,21,22). The maximum atomic E-state index is 11.7. The Morgan fingerprint density at radius 1 is 1.04 bits per heavy atom. The van der Waals surface area contributed by atoms with Crippen molar-refractivity contribution in [1.29, 1.82) is 0 Å². The summed E-state index contributed by atoms with van der Waals surface area (Å²) in [5.41, 5.74) is 2.84. The van der Waals surface area contributed by atoms with Gasteiger partial charge in [-0.25, -0.2) is 4.79 Å². The van der Waals surface area contributed by atoms with Crippen LogP contribution < -0.4 is 25.4 Å². The highest BCUT2D eigenvalue weighted by Gasteiger charge is 2.12. The zero-order chi connectivity index (χ0) is 16.9. The SMILES string of the molecule is CC(C)NC(=O)Nc1ccc(NCc2ccc3c(c2)OCO3)cc1. The molecular formula is C18H21N3O3. The summed E-state index contributed by atoms with van der Waals surface area (Å²) in [7, 11) is 0. The van der Waals surface area contributed by atoms with E-state index in [2.05, 4.69) is 16.0 Å². The van der Waals surface area contributed by atoms with Gasteiger partial charge in [0.15, 0.2) is 11.5 Å². The minimum atomic E-state index is -0.203. The monoisotopic (exact) mass is 327 g/mol. The molecule has 2 amide bonds. The molecule has 0 aliphatic carbocycles. The van der Waals surface area contributed by atoms with E-state index in [0.717, 1.165) is 28.4 Å². The Morgan fingerprint density at radius 2 is 1.75 bits per heavy atom. The fraction of sp³-hybridized carbons (Fsp3) is 0.278. The van der Waals surface area contributed by atoms with Crippen molar-refractivity contribution in [1.82, 2.24) is 5.32 Å². The Hall–Kier alpha value is -2.89. The topological polar surface area (TPSA) is 71.6 Å². The molecule has 0 fully saturated rings. The fourth-order valence-corrected chi connectivity index (χ4v) is 2.36. The molecule has 0 radical (unpaired) electrons. The number of hydrogen-bond donors (Lipinski definition) is 3. The first-order chi connectivity index (χ1) is 11.6. The summed E-state index contributed by atoms with van der Waals surface area (Å²) in [4.78, 5) is 11.7. The third kappa shape index (κ3) is 4.10. The maximum Gasteiger partial charge on any atom is 0.319 e. The first-order valence-electron chi connectivity index (χ1n) is 7.90. The Bertz CT molecular complexity index is 714. The summed E-state index contributed by atoms with van der Waals surface area (Å²) >= 11 is 0. The van der Waals surface area contributed by atoms with Crippen molar-refractivity contribution in [2.75, 3.05) is 17.4 Å². The zero-order valence-electron chi connectivity index (χ0n) is 13.8. The van der Waals surface area contributed by atoms with Crippen molar-refractivity contribution in [2.24, 2.45) is 0 Å². The predicted molar refractivity (Wildman–Crippen MR) is 93.6 cm³/mol. The first-order valence-corrected chi connectivity index (χ1v) is 7.90. The molecule has 1 aliphatic heterocycles. The molecule has 24 heavy (non-hydrogen) atoms. The second-order valence-electron chi connectivity index (χ2n) is 5.87. The van der Waals surface area contributed by atoms with Gasteiger partial charge in [0.05, 0.1) is 0 Å². The summed E-state index contributed by atoms with van der Waals surface area (Å²) in [5.74, 6) is 1.57. The molecule has 2 aromatic carbocycles. The number of fused-ring (bicyclic) bond motifs is 1. The third-order valence-electron chi connectivity index (χ3n) is 3.50. The molecule has 0 spiro atoms. The molecule has 0 saturated heterocycles. The highest BCUT2D eigenvalue weighted by atomic mass is 16.7. The van der Waals surface area contributed by atoms with E-state index in [1.54, 1.807) is 0 Å². The van der Waals surface area contributed by atoms with E-state index >= 15 is 0 Å². The molecule has 6 nitrogen and oxygen atoms in total. The number of anilines is 2. The van der Waals surface area contributed by atoms with Crippen LogP contribution in [-0.4, -0.2) is 18.9 Å². The second kappa shape index (κ2) is 7.12. The van der Waals surface area contributed by atoms with E-state index in [0.29, 0.717) is 6.54 Å². The minimum absolute atomic E-state index is 0.104. The maximum absolute atomic E-state index is 11.7. The van der Waals surface area contributed by atoms with Gasteiger partial charge < -0.3 is 25.4 Å². The van der Waals surface area contributed by atoms with Crippen LogP contribution in [0.5, 0.6) is 11.5 Å². The number of nitrogens with one attached hydrogen (secondary N) is 3. The Balaban J connectivity index is 1.53. The van der Waals surface area contributed by atoms with E-state index in [-0.39, 0.29) is 18.9 Å². The van der Waals surface area contributed by atoms with Gasteiger partial charge in [0, 0.05) is 24.0 Å². The van der Waals surface area contributed by atoms with Crippen LogP contribution >= 0.6 is 0 Å². The van der Waals surface area contributed by atoms with Crippen LogP contribution in [0.15, 0.2) is 42.5 Å². The van der Waals surface area contributed by atoms with Gasteiger partial charge in [-0.2, -0.15) is 0 Å². The highest BCUT2D eigenvalue weighted by Crippen LogP contribution is 2.32. The lowest BCUT2D eigenvalue weighted by molar-refractivity contribution is 0.174. The number of rotatable bonds is 5. The summed E-state index contributed by atoms with van der Waals surface area (Å²) < 4.78 is 10.7. The third-order valence-corrected chi connectivity index (χ3v) is 3.50. The molecule has 1 aliphatic rings. The van der Waals surface area contributed by atoms with Crippen LogP contribution in [0, 0.1) is 0 Å². The largest absolute Gasteiger partial charge is 0.454 e. The van der Waals surface area contributed by atoms with E-state index in [1.807, 2.05) is 56.3 Å². The number of urea groups is 1. The zero-order valence-corrected chi connectivity index (χ0v) is 13.8. The summed E-state index contributed by atoms with van der Waals surface area (Å²) in [6, 6.07) is 13.4. The Kier molecular flexibility index (Phi) is 4.74. The molecule has 0 aromatic heterocycles. The molecule has 0 bridgehead atoms. The van der Waals surface area contributed by atoms with E-state index in [1.165, 1.54) is 0 Å². The summed E-state index contributed by atoms with van der Waals surface area (Å²) in [5, 5.41) is 8.92. The number of benzene rings is 2. The highest BCUT2D eigenvalue weighted by molar-refractivity contribution is 5.89. The molecule has 2 aromatic rings. The van der Waals surface area contributed by atoms with Gasteiger partial charge in [-0.3, -0.25) is 0 Å². The molecule has 6 heteroatoms. The summed E-state index contributed by atoms with van der Waals surface area (Å²) in [6.07, 6.45) is 0. The lowest BCUT2D eigenvalue weighted by Crippen LogP contribution is -2.34. The van der Waals surface area contributed by atoms with Crippen LogP contribution in [0.2, 0.25) is 0 Å². The molecular weight excluding hydrogens is 306 g/mol. The van der Waals surface area contributed by atoms with Crippen LogP contribution in [0.25, 0.3) is 0 Å². The molecule has 0 atom stereocenters. The van der Waals surface area contributed by atoms with Gasteiger partial charge in [-0.15, -0.1) is 0 Å². The molecule has 3 N–H and O–H groups in total. The molecule has 126 valence electrons. The number of carbonyl (C=O) groups excluding carboxylic acids is 1. The quantitative estimate of drug-likeness (QED) is 0.785. The van der Waals surface area contributed by atoms with Crippen LogP contribution in [0.1, 0.15) is 19.4 Å².